The number of halogens is 2. The van der Waals surface area contributed by atoms with Crippen LogP contribution >= 0.6 is 11.6 Å². The lowest BCUT2D eigenvalue weighted by molar-refractivity contribution is 0.0934. The predicted octanol–water partition coefficient (Wildman–Crippen LogP) is 4.84. The summed E-state index contributed by atoms with van der Waals surface area (Å²) in [7, 11) is 3.18. The van der Waals surface area contributed by atoms with E-state index in [1.807, 2.05) is 12.1 Å². The molecule has 4 aromatic rings. The number of benzene rings is 2. The van der Waals surface area contributed by atoms with Crippen LogP contribution < -0.4 is 10.1 Å². The number of aryl methyl sites for hydroxylation is 1. The molecular formula is C24H21ClFN5O2. The van der Waals surface area contributed by atoms with Gasteiger partial charge < -0.3 is 10.1 Å². The van der Waals surface area contributed by atoms with E-state index in [-0.39, 0.29) is 11.4 Å². The number of rotatable bonds is 6. The maximum atomic E-state index is 13.8. The Balaban J connectivity index is 1.68. The van der Waals surface area contributed by atoms with E-state index in [0.29, 0.717) is 27.7 Å². The number of hydrogen-bond donors (Lipinski definition) is 1. The smallest absolute Gasteiger partial charge is 0.270 e. The quantitative estimate of drug-likeness (QED) is 0.440. The molecule has 0 spiro atoms. The molecule has 1 unspecified atom stereocenters. The number of carbonyl (C=O) groups excluding carboxylic acids is 1. The van der Waals surface area contributed by atoms with Crippen LogP contribution in [0.2, 0.25) is 5.02 Å². The second-order valence-electron chi connectivity index (χ2n) is 7.46. The molecule has 0 bridgehead atoms. The first-order chi connectivity index (χ1) is 15.8. The predicted molar refractivity (Wildman–Crippen MR) is 124 cm³/mol. The van der Waals surface area contributed by atoms with Gasteiger partial charge in [0, 0.05) is 23.8 Å². The lowest BCUT2D eigenvalue weighted by Gasteiger charge is -2.16. The molecular weight excluding hydrogens is 445 g/mol. The number of carbonyl (C=O) groups is 1. The molecule has 33 heavy (non-hydrogen) atoms. The van der Waals surface area contributed by atoms with Crippen LogP contribution in [0.5, 0.6) is 5.75 Å². The third-order valence-electron chi connectivity index (χ3n) is 5.08. The average molecular weight is 466 g/mol. The highest BCUT2D eigenvalue weighted by atomic mass is 35.5. The Kier molecular flexibility index (Phi) is 6.37. The van der Waals surface area contributed by atoms with Gasteiger partial charge in [-0.25, -0.2) is 14.4 Å². The van der Waals surface area contributed by atoms with E-state index < -0.39 is 17.8 Å². The van der Waals surface area contributed by atoms with Gasteiger partial charge in [-0.3, -0.25) is 9.48 Å². The second-order valence-corrected chi connectivity index (χ2v) is 7.90. The molecule has 2 heterocycles. The number of aromatic nitrogens is 4. The molecule has 1 N–H and O–H groups in total. The van der Waals surface area contributed by atoms with Crippen molar-refractivity contribution in [2.75, 3.05) is 7.11 Å². The van der Waals surface area contributed by atoms with Crippen molar-refractivity contribution in [3.05, 3.63) is 83.0 Å². The first kappa shape index (κ1) is 22.4. The molecule has 0 radical (unpaired) electrons. The highest BCUT2D eigenvalue weighted by molar-refractivity contribution is 6.30. The third kappa shape index (κ3) is 5.01. The Morgan fingerprint density at radius 3 is 2.55 bits per heavy atom. The van der Waals surface area contributed by atoms with Gasteiger partial charge in [-0.15, -0.1) is 0 Å². The molecule has 168 valence electrons. The molecule has 0 aliphatic carbocycles. The van der Waals surface area contributed by atoms with E-state index in [1.54, 1.807) is 61.4 Å². The van der Waals surface area contributed by atoms with E-state index in [9.17, 15) is 9.18 Å². The van der Waals surface area contributed by atoms with Gasteiger partial charge in [-0.1, -0.05) is 29.8 Å². The van der Waals surface area contributed by atoms with Crippen LogP contribution in [0.25, 0.3) is 22.6 Å². The van der Waals surface area contributed by atoms with Crippen LogP contribution in [0, 0.1) is 5.82 Å². The molecule has 9 heteroatoms. The van der Waals surface area contributed by atoms with Crippen LogP contribution in [0.4, 0.5) is 4.39 Å². The molecule has 1 amide bonds. The topological polar surface area (TPSA) is 81.9 Å². The van der Waals surface area contributed by atoms with E-state index in [2.05, 4.69) is 20.4 Å². The Bertz CT molecular complexity index is 1310. The minimum Gasteiger partial charge on any atom is -0.494 e. The molecule has 2 aromatic carbocycles. The molecule has 0 saturated heterocycles. The van der Waals surface area contributed by atoms with Crippen LogP contribution in [0.1, 0.15) is 29.0 Å². The Morgan fingerprint density at radius 1 is 1.12 bits per heavy atom. The fourth-order valence-electron chi connectivity index (χ4n) is 3.30. The zero-order chi connectivity index (χ0) is 23.5. The first-order valence-corrected chi connectivity index (χ1v) is 10.5. The van der Waals surface area contributed by atoms with Gasteiger partial charge >= 0.3 is 0 Å². The molecule has 0 fully saturated rings. The number of methoxy groups -OCH3 is 1. The zero-order valence-corrected chi connectivity index (χ0v) is 19.0. The highest BCUT2D eigenvalue weighted by Gasteiger charge is 2.18. The van der Waals surface area contributed by atoms with E-state index in [0.717, 1.165) is 5.56 Å². The van der Waals surface area contributed by atoms with Crippen LogP contribution in [0.3, 0.4) is 0 Å². The van der Waals surface area contributed by atoms with Gasteiger partial charge in [-0.05, 0) is 42.8 Å². The number of nitrogens with zero attached hydrogens (tertiary/aromatic N) is 4. The monoisotopic (exact) mass is 465 g/mol. The summed E-state index contributed by atoms with van der Waals surface area (Å²) in [5, 5.41) is 7.67. The van der Waals surface area contributed by atoms with Gasteiger partial charge in [0.1, 0.15) is 5.69 Å². The van der Waals surface area contributed by atoms with Gasteiger partial charge in [0.25, 0.3) is 5.91 Å². The molecule has 0 aliphatic heterocycles. The average Bonchev–Trinajstić information content (AvgIpc) is 3.25. The SMILES string of the molecule is COc1cc(C(C)NC(=O)c2cc(-c3ccc(Cl)cc3)nc(-c3cnn(C)c3)n2)ccc1F. The minimum absolute atomic E-state index is 0.111. The van der Waals surface area contributed by atoms with Crippen molar-refractivity contribution in [1.29, 1.82) is 0 Å². The maximum absolute atomic E-state index is 13.8. The molecule has 7 nitrogen and oxygen atoms in total. The van der Waals surface area contributed by atoms with Crippen molar-refractivity contribution in [3.8, 4) is 28.4 Å². The van der Waals surface area contributed by atoms with Crippen molar-refractivity contribution < 1.29 is 13.9 Å². The van der Waals surface area contributed by atoms with Crippen molar-refractivity contribution in [2.45, 2.75) is 13.0 Å². The summed E-state index contributed by atoms with van der Waals surface area (Å²) >= 11 is 6.02. The van der Waals surface area contributed by atoms with Crippen LogP contribution in [0.15, 0.2) is 60.9 Å². The van der Waals surface area contributed by atoms with Gasteiger partial charge in [0.15, 0.2) is 17.4 Å². The summed E-state index contributed by atoms with van der Waals surface area (Å²) in [6, 6.07) is 12.8. The van der Waals surface area contributed by atoms with E-state index >= 15 is 0 Å². The van der Waals surface area contributed by atoms with E-state index in [1.165, 1.54) is 13.2 Å². The fourth-order valence-corrected chi connectivity index (χ4v) is 3.42. The maximum Gasteiger partial charge on any atom is 0.270 e. The molecule has 2 aromatic heterocycles. The Hall–Kier alpha value is -3.78. The Labute approximate surface area is 195 Å². The molecule has 4 rings (SSSR count). The first-order valence-electron chi connectivity index (χ1n) is 10.1. The number of amides is 1. The Morgan fingerprint density at radius 2 is 1.88 bits per heavy atom. The van der Waals surface area contributed by atoms with Crippen molar-refractivity contribution in [1.82, 2.24) is 25.1 Å². The summed E-state index contributed by atoms with van der Waals surface area (Å²) in [6.07, 6.45) is 3.41. The van der Waals surface area contributed by atoms with Gasteiger partial charge in [0.05, 0.1) is 30.6 Å². The molecule has 0 saturated carbocycles. The zero-order valence-electron chi connectivity index (χ0n) is 18.2. The molecule has 1 atom stereocenters. The third-order valence-corrected chi connectivity index (χ3v) is 5.34. The van der Waals surface area contributed by atoms with Crippen molar-refractivity contribution >= 4 is 17.5 Å². The van der Waals surface area contributed by atoms with Crippen molar-refractivity contribution in [2.24, 2.45) is 7.05 Å². The van der Waals surface area contributed by atoms with Crippen LogP contribution in [-0.4, -0.2) is 32.8 Å². The minimum atomic E-state index is -0.468. The fraction of sp³-hybridized carbons (Fsp3) is 0.167. The van der Waals surface area contributed by atoms with Gasteiger partial charge in [-0.2, -0.15) is 5.10 Å². The second kappa shape index (κ2) is 9.38. The number of nitrogens with one attached hydrogen (secondary N) is 1. The summed E-state index contributed by atoms with van der Waals surface area (Å²) in [5.74, 6) is -0.380. The lowest BCUT2D eigenvalue weighted by atomic mass is 10.1. The summed E-state index contributed by atoms with van der Waals surface area (Å²) < 4.78 is 20.4. The highest BCUT2D eigenvalue weighted by Crippen LogP contribution is 2.25. The molecule has 0 aliphatic rings. The standard InChI is InChI=1S/C24H21ClFN5O2/c1-14(16-6-9-19(26)22(10-16)33-3)28-24(32)21-11-20(15-4-7-18(25)8-5-15)29-23(30-21)17-12-27-31(2)13-17/h4-14H,1-3H3,(H,28,32). The van der Waals surface area contributed by atoms with Crippen molar-refractivity contribution in [3.63, 3.8) is 0 Å². The normalized spacial score (nSPS) is 11.8. The summed E-state index contributed by atoms with van der Waals surface area (Å²) in [6.45, 7) is 1.80. The summed E-state index contributed by atoms with van der Waals surface area (Å²) in [5.41, 5.74) is 2.92. The lowest BCUT2D eigenvalue weighted by Crippen LogP contribution is -2.27. The largest absolute Gasteiger partial charge is 0.494 e. The summed E-state index contributed by atoms with van der Waals surface area (Å²) in [4.78, 5) is 22.2. The number of ether oxygens (including phenoxy) is 1. The van der Waals surface area contributed by atoms with Crippen LogP contribution in [-0.2, 0) is 7.05 Å². The van der Waals surface area contributed by atoms with E-state index in [4.69, 9.17) is 16.3 Å². The number of hydrogen-bond acceptors (Lipinski definition) is 5. The van der Waals surface area contributed by atoms with Gasteiger partial charge in [0.2, 0.25) is 0 Å².